The Balaban J connectivity index is 1.70. The van der Waals surface area contributed by atoms with Crippen molar-refractivity contribution in [2.75, 3.05) is 18.4 Å². The van der Waals surface area contributed by atoms with E-state index in [-0.39, 0.29) is 37.4 Å². The number of carbonyl (C=O) groups excluding carboxylic acids is 2. The first kappa shape index (κ1) is 24.7. The number of amides is 2. The van der Waals surface area contributed by atoms with Gasteiger partial charge in [0.15, 0.2) is 5.78 Å². The van der Waals surface area contributed by atoms with Gasteiger partial charge in [-0.2, -0.15) is 5.10 Å². The van der Waals surface area contributed by atoms with Gasteiger partial charge >= 0.3 is 6.03 Å². The Morgan fingerprint density at radius 3 is 2.48 bits per heavy atom. The number of rotatable bonds is 6. The van der Waals surface area contributed by atoms with Gasteiger partial charge in [0, 0.05) is 51.1 Å². The van der Waals surface area contributed by atoms with Crippen LogP contribution in [0.5, 0.6) is 0 Å². The Morgan fingerprint density at radius 2 is 1.91 bits per heavy atom. The Kier molecular flexibility index (Phi) is 6.82. The summed E-state index contributed by atoms with van der Waals surface area (Å²) in [5, 5.41) is 3.26. The highest BCUT2D eigenvalue weighted by Crippen LogP contribution is 2.41. The Hall–Kier alpha value is -2.96. The number of nitrogens with one attached hydrogen (secondary N) is 1. The lowest BCUT2D eigenvalue weighted by atomic mass is 9.92. The van der Waals surface area contributed by atoms with Gasteiger partial charge in [-0.1, -0.05) is 0 Å². The van der Waals surface area contributed by atoms with E-state index in [0.29, 0.717) is 5.69 Å². The molecule has 1 fully saturated rings. The van der Waals surface area contributed by atoms with E-state index in [1.165, 1.54) is 37.2 Å². The summed E-state index contributed by atoms with van der Waals surface area (Å²) in [5.41, 5.74) is -0.444. The van der Waals surface area contributed by atoms with Gasteiger partial charge in [0.2, 0.25) is 14.8 Å². The molecule has 3 rings (SSSR count). The molecule has 0 aliphatic carbocycles. The molecule has 0 spiro atoms. The van der Waals surface area contributed by atoms with Gasteiger partial charge in [-0.05, 0) is 31.9 Å². The molecule has 3 heterocycles. The number of Topliss-reactive ketones (excluding diaryl/α,β-unsaturated/α-hetero) is 1. The molecule has 1 N–H and O–H groups in total. The van der Waals surface area contributed by atoms with Crippen LogP contribution >= 0.6 is 0 Å². The van der Waals surface area contributed by atoms with E-state index in [1.54, 1.807) is 0 Å². The van der Waals surface area contributed by atoms with Crippen molar-refractivity contribution in [1.82, 2.24) is 19.7 Å². The minimum Gasteiger partial charge on any atom is -0.325 e. The Labute approximate surface area is 188 Å². The van der Waals surface area contributed by atoms with Gasteiger partial charge < -0.3 is 10.2 Å². The normalized spacial score (nSPS) is 17.1. The molecule has 13 heteroatoms. The van der Waals surface area contributed by atoms with Crippen molar-refractivity contribution >= 4 is 27.3 Å². The second-order valence-electron chi connectivity index (χ2n) is 8.02. The average molecular weight is 488 g/mol. The van der Waals surface area contributed by atoms with E-state index in [9.17, 15) is 26.8 Å². The maximum Gasteiger partial charge on any atom is 0.321 e. The second-order valence-corrected chi connectivity index (χ2v) is 10.3. The van der Waals surface area contributed by atoms with Crippen molar-refractivity contribution in [3.05, 3.63) is 35.9 Å². The van der Waals surface area contributed by atoms with E-state index in [1.807, 2.05) is 0 Å². The Morgan fingerprint density at radius 1 is 1.27 bits per heavy atom. The van der Waals surface area contributed by atoms with Crippen LogP contribution in [0.4, 0.5) is 23.7 Å². The summed E-state index contributed by atoms with van der Waals surface area (Å²) in [6.07, 6.45) is -0.891. The standard InChI is InChI=1S/C20H24F3N5O4S/c1-12(29)15-10-14(4-7-24-15)25-19(30)28-8-5-13(6-9-28)20(2,23)33(31,32)16-11-27(3)26-17(16)18(21)22/h4,7,10-11,13,18H,5-6,8-9H2,1-3H3,(H,24,25,30). The fraction of sp³-hybridized carbons (Fsp3) is 0.500. The van der Waals surface area contributed by atoms with E-state index in [0.717, 1.165) is 17.8 Å². The van der Waals surface area contributed by atoms with Gasteiger partial charge in [0.05, 0.1) is 0 Å². The molecule has 0 radical (unpaired) electrons. The van der Waals surface area contributed by atoms with Crippen molar-refractivity contribution in [3.63, 3.8) is 0 Å². The number of likely N-dealkylation sites (tertiary alicyclic amines) is 1. The molecule has 1 unspecified atom stereocenters. The zero-order valence-electron chi connectivity index (χ0n) is 18.3. The highest BCUT2D eigenvalue weighted by Gasteiger charge is 2.50. The number of urea groups is 1. The van der Waals surface area contributed by atoms with Crippen LogP contribution in [0.3, 0.4) is 0 Å². The van der Waals surface area contributed by atoms with Crippen molar-refractivity contribution < 1.29 is 31.2 Å². The van der Waals surface area contributed by atoms with E-state index < -0.39 is 43.8 Å². The quantitative estimate of drug-likeness (QED) is 0.625. The lowest BCUT2D eigenvalue weighted by molar-refractivity contribution is 0.101. The SMILES string of the molecule is CC(=O)c1cc(NC(=O)N2CCC(C(C)(F)S(=O)(=O)c3cn(C)nc3C(F)F)CC2)ccn1. The molecule has 1 aliphatic heterocycles. The summed E-state index contributed by atoms with van der Waals surface area (Å²) < 4.78 is 69.0. The summed E-state index contributed by atoms with van der Waals surface area (Å²) >= 11 is 0. The first-order valence-electron chi connectivity index (χ1n) is 10.1. The third-order valence-electron chi connectivity index (χ3n) is 5.73. The molecule has 180 valence electrons. The number of pyridine rings is 1. The third kappa shape index (κ3) is 4.87. The number of aryl methyl sites for hydroxylation is 1. The van der Waals surface area contributed by atoms with Crippen LogP contribution in [0.1, 0.15) is 49.3 Å². The van der Waals surface area contributed by atoms with Gasteiger partial charge in [-0.15, -0.1) is 0 Å². The van der Waals surface area contributed by atoms with Gasteiger partial charge in [-0.3, -0.25) is 14.5 Å². The first-order valence-corrected chi connectivity index (χ1v) is 11.6. The number of halogens is 3. The van der Waals surface area contributed by atoms with Crippen LogP contribution in [-0.4, -0.2) is 58.0 Å². The molecule has 0 saturated carbocycles. The average Bonchev–Trinajstić information content (AvgIpc) is 3.16. The van der Waals surface area contributed by atoms with E-state index >= 15 is 4.39 Å². The molecular weight excluding hydrogens is 463 g/mol. The number of hydrogen-bond acceptors (Lipinski definition) is 6. The zero-order chi connectivity index (χ0) is 24.6. The molecular formula is C20H24F3N5O4S. The third-order valence-corrected chi connectivity index (χ3v) is 8.00. The van der Waals surface area contributed by atoms with Crippen molar-refractivity contribution in [2.45, 2.75) is 43.0 Å². The second kappa shape index (κ2) is 9.12. The van der Waals surface area contributed by atoms with Crippen LogP contribution in [0.15, 0.2) is 29.4 Å². The molecule has 33 heavy (non-hydrogen) atoms. The fourth-order valence-corrected chi connectivity index (χ4v) is 5.58. The molecule has 2 aromatic heterocycles. The monoisotopic (exact) mass is 487 g/mol. The summed E-state index contributed by atoms with van der Waals surface area (Å²) in [4.78, 5) is 28.4. The van der Waals surface area contributed by atoms with Crippen molar-refractivity contribution in [1.29, 1.82) is 0 Å². The van der Waals surface area contributed by atoms with E-state index in [2.05, 4.69) is 15.4 Å². The topological polar surface area (TPSA) is 114 Å². The van der Waals surface area contributed by atoms with Gasteiger partial charge in [-0.25, -0.2) is 26.4 Å². The zero-order valence-corrected chi connectivity index (χ0v) is 19.1. The molecule has 9 nitrogen and oxygen atoms in total. The maximum atomic E-state index is 15.7. The largest absolute Gasteiger partial charge is 0.325 e. The van der Waals surface area contributed by atoms with Crippen LogP contribution in [0.2, 0.25) is 0 Å². The van der Waals surface area contributed by atoms with E-state index in [4.69, 9.17) is 0 Å². The number of piperidine rings is 1. The van der Waals surface area contributed by atoms with Gasteiger partial charge in [0.1, 0.15) is 16.3 Å². The van der Waals surface area contributed by atoms with Crippen molar-refractivity contribution in [3.8, 4) is 0 Å². The summed E-state index contributed by atoms with van der Waals surface area (Å²) in [7, 11) is -3.50. The Bertz CT molecular complexity index is 1160. The molecule has 2 amide bonds. The predicted octanol–water partition coefficient (Wildman–Crippen LogP) is 3.36. The lowest BCUT2D eigenvalue weighted by Gasteiger charge is -2.37. The number of aromatic nitrogens is 3. The summed E-state index contributed by atoms with van der Waals surface area (Å²) in [6, 6.07) is 2.44. The highest BCUT2D eigenvalue weighted by atomic mass is 32.2. The maximum absolute atomic E-state index is 15.7. The predicted molar refractivity (Wildman–Crippen MR) is 112 cm³/mol. The van der Waals surface area contributed by atoms with Crippen LogP contribution in [-0.2, 0) is 16.9 Å². The number of anilines is 1. The summed E-state index contributed by atoms with van der Waals surface area (Å²) in [6.45, 7) is 2.33. The van der Waals surface area contributed by atoms with Crippen molar-refractivity contribution in [2.24, 2.45) is 13.0 Å². The number of carbonyl (C=O) groups is 2. The molecule has 1 atom stereocenters. The number of sulfone groups is 1. The minimum atomic E-state index is -4.78. The molecule has 1 saturated heterocycles. The van der Waals surface area contributed by atoms with Crippen LogP contribution in [0.25, 0.3) is 0 Å². The molecule has 2 aromatic rings. The number of nitrogens with zero attached hydrogens (tertiary/aromatic N) is 4. The lowest BCUT2D eigenvalue weighted by Crippen LogP contribution is -2.48. The number of alkyl halides is 3. The number of ketones is 1. The highest BCUT2D eigenvalue weighted by molar-refractivity contribution is 7.92. The van der Waals surface area contributed by atoms with Crippen LogP contribution in [0, 0.1) is 5.92 Å². The first-order chi connectivity index (χ1) is 15.3. The molecule has 0 aromatic carbocycles. The minimum absolute atomic E-state index is 0.0129. The molecule has 1 aliphatic rings. The van der Waals surface area contributed by atoms with Crippen LogP contribution < -0.4 is 5.32 Å². The number of hydrogen-bond donors (Lipinski definition) is 1. The summed E-state index contributed by atoms with van der Waals surface area (Å²) in [5.74, 6) is -1.28. The fourth-order valence-electron chi connectivity index (χ4n) is 3.78. The van der Waals surface area contributed by atoms with Gasteiger partial charge in [0.25, 0.3) is 6.43 Å². The smallest absolute Gasteiger partial charge is 0.321 e. The molecule has 0 bridgehead atoms.